The Balaban J connectivity index is 0.000000217. The van der Waals surface area contributed by atoms with E-state index in [2.05, 4.69) is 14.7 Å². The smallest absolute Gasteiger partial charge is 0.313 e. The molecule has 6 nitrogen and oxygen atoms in total. The highest BCUT2D eigenvalue weighted by Crippen LogP contribution is 2.07. The zero-order valence-electron chi connectivity index (χ0n) is 10.9. The molecule has 0 amide bonds. The van der Waals surface area contributed by atoms with Gasteiger partial charge >= 0.3 is 5.97 Å². The van der Waals surface area contributed by atoms with Gasteiger partial charge in [-0.2, -0.15) is 0 Å². The number of esters is 1. The Kier molecular flexibility index (Phi) is 6.68. The fraction of sp³-hybridized carbons (Fsp3) is 0.250. The molecule has 0 radical (unpaired) electrons. The van der Waals surface area contributed by atoms with Gasteiger partial charge in [-0.3, -0.25) is 14.4 Å². The van der Waals surface area contributed by atoms with Crippen molar-refractivity contribution in [1.29, 1.82) is 0 Å². The molecule has 0 fully saturated rings. The van der Waals surface area contributed by atoms with Gasteiger partial charge in [-0.15, -0.1) is 22.7 Å². The molecule has 0 aliphatic heterocycles. The number of carbonyl (C=O) groups excluding carboxylic acids is 3. The summed E-state index contributed by atoms with van der Waals surface area (Å²) in [7, 11) is 1.25. The van der Waals surface area contributed by atoms with Crippen LogP contribution in [0.15, 0.2) is 23.2 Å². The Morgan fingerprint density at radius 2 is 1.65 bits per heavy atom. The number of Topliss-reactive ketones (excluding diaryl/α,β-unsaturated/α-hetero) is 2. The lowest BCUT2D eigenvalue weighted by atomic mass is 10.3. The summed E-state index contributed by atoms with van der Waals surface area (Å²) in [5.74, 6) is -0.785. The van der Waals surface area contributed by atoms with Gasteiger partial charge in [0.05, 0.1) is 7.11 Å². The first kappa shape index (κ1) is 16.1. The van der Waals surface area contributed by atoms with Crippen molar-refractivity contribution in [2.45, 2.75) is 13.3 Å². The molecule has 0 aliphatic rings. The Hall–Kier alpha value is -1.93. The van der Waals surface area contributed by atoms with Crippen molar-refractivity contribution >= 4 is 40.2 Å². The molecule has 0 saturated carbocycles. The van der Waals surface area contributed by atoms with Crippen LogP contribution in [0.4, 0.5) is 0 Å². The van der Waals surface area contributed by atoms with Crippen LogP contribution in [0.25, 0.3) is 0 Å². The number of rotatable bonds is 4. The third-order valence-electron chi connectivity index (χ3n) is 1.94. The molecule has 0 N–H and O–H groups in total. The summed E-state index contributed by atoms with van der Waals surface area (Å²) in [6.45, 7) is 1.51. The van der Waals surface area contributed by atoms with Crippen LogP contribution in [0, 0.1) is 0 Å². The SMILES string of the molecule is CC(=O)c1nccs1.COC(=O)CC(=O)c1nccs1. The number of ketones is 2. The lowest BCUT2D eigenvalue weighted by Gasteiger charge is -1.94. The Morgan fingerprint density at radius 3 is 2.00 bits per heavy atom. The fourth-order valence-electron chi connectivity index (χ4n) is 1.04. The molecule has 8 heteroatoms. The molecular weight excluding hydrogens is 300 g/mol. The van der Waals surface area contributed by atoms with Crippen molar-refractivity contribution < 1.29 is 19.1 Å². The number of hydrogen-bond acceptors (Lipinski definition) is 8. The van der Waals surface area contributed by atoms with E-state index >= 15 is 0 Å². The Labute approximate surface area is 123 Å². The predicted molar refractivity (Wildman–Crippen MR) is 75.2 cm³/mol. The first-order valence-corrected chi connectivity index (χ1v) is 7.20. The van der Waals surface area contributed by atoms with E-state index in [9.17, 15) is 14.4 Å². The van der Waals surface area contributed by atoms with Gasteiger partial charge in [0.15, 0.2) is 15.8 Å². The van der Waals surface area contributed by atoms with Crippen LogP contribution >= 0.6 is 22.7 Å². The van der Waals surface area contributed by atoms with Gasteiger partial charge in [-0.05, 0) is 0 Å². The van der Waals surface area contributed by atoms with E-state index in [4.69, 9.17) is 0 Å². The molecule has 2 heterocycles. The first-order valence-electron chi connectivity index (χ1n) is 5.44. The first-order chi connectivity index (χ1) is 9.54. The van der Waals surface area contributed by atoms with Crippen LogP contribution in [-0.2, 0) is 9.53 Å². The summed E-state index contributed by atoms with van der Waals surface area (Å²) in [6.07, 6.45) is 2.92. The molecule has 0 aromatic carbocycles. The summed E-state index contributed by atoms with van der Waals surface area (Å²) in [4.78, 5) is 39.8. The molecule has 0 bridgehead atoms. The molecule has 2 aromatic heterocycles. The van der Waals surface area contributed by atoms with Crippen molar-refractivity contribution in [3.8, 4) is 0 Å². The summed E-state index contributed by atoms with van der Waals surface area (Å²) in [6, 6.07) is 0. The van der Waals surface area contributed by atoms with E-state index in [0.29, 0.717) is 10.0 Å². The third kappa shape index (κ3) is 5.37. The van der Waals surface area contributed by atoms with E-state index in [1.54, 1.807) is 17.0 Å². The fourth-order valence-corrected chi connectivity index (χ4v) is 2.15. The molecule has 2 rings (SSSR count). The molecule has 0 aliphatic carbocycles. The number of nitrogens with zero attached hydrogens (tertiary/aromatic N) is 2. The lowest BCUT2D eigenvalue weighted by Crippen LogP contribution is -2.08. The average Bonchev–Trinajstić information content (AvgIpc) is 3.12. The van der Waals surface area contributed by atoms with E-state index in [0.717, 1.165) is 0 Å². The van der Waals surface area contributed by atoms with E-state index in [-0.39, 0.29) is 18.0 Å². The van der Waals surface area contributed by atoms with Crippen LogP contribution in [0.2, 0.25) is 0 Å². The number of methoxy groups -OCH3 is 1. The summed E-state index contributed by atoms with van der Waals surface area (Å²) in [5, 5.41) is 4.41. The molecule has 106 valence electrons. The number of carbonyl (C=O) groups is 3. The highest BCUT2D eigenvalue weighted by Gasteiger charge is 2.13. The topological polar surface area (TPSA) is 86.2 Å². The van der Waals surface area contributed by atoms with Gasteiger partial charge in [0.1, 0.15) is 6.42 Å². The van der Waals surface area contributed by atoms with Gasteiger partial charge in [0.25, 0.3) is 0 Å². The zero-order chi connectivity index (χ0) is 15.0. The molecule has 0 saturated heterocycles. The Bertz CT molecular complexity index is 564. The van der Waals surface area contributed by atoms with Crippen molar-refractivity contribution in [3.05, 3.63) is 33.2 Å². The van der Waals surface area contributed by atoms with Gasteiger partial charge in [0, 0.05) is 30.1 Å². The molecule has 2 aromatic rings. The minimum absolute atomic E-state index is 0.0417. The Morgan fingerprint density at radius 1 is 1.10 bits per heavy atom. The maximum absolute atomic E-state index is 11.1. The monoisotopic (exact) mass is 312 g/mol. The largest absolute Gasteiger partial charge is 0.469 e. The van der Waals surface area contributed by atoms with Gasteiger partial charge in [0.2, 0.25) is 5.78 Å². The van der Waals surface area contributed by atoms with Crippen LogP contribution in [0.3, 0.4) is 0 Å². The van der Waals surface area contributed by atoms with E-state index < -0.39 is 5.97 Å². The second-order valence-corrected chi connectivity index (χ2v) is 5.20. The molecule has 20 heavy (non-hydrogen) atoms. The minimum atomic E-state index is -0.532. The van der Waals surface area contributed by atoms with Crippen molar-refractivity contribution in [1.82, 2.24) is 9.97 Å². The zero-order valence-corrected chi connectivity index (χ0v) is 12.5. The summed E-state index contributed by atoms with van der Waals surface area (Å²) < 4.78 is 4.34. The van der Waals surface area contributed by atoms with Gasteiger partial charge < -0.3 is 4.74 Å². The second-order valence-electron chi connectivity index (χ2n) is 3.41. The molecular formula is C12H12N2O4S2. The van der Waals surface area contributed by atoms with Crippen molar-refractivity contribution in [2.75, 3.05) is 7.11 Å². The highest BCUT2D eigenvalue weighted by atomic mass is 32.1. The van der Waals surface area contributed by atoms with Crippen molar-refractivity contribution in [3.63, 3.8) is 0 Å². The van der Waals surface area contributed by atoms with Crippen molar-refractivity contribution in [2.24, 2.45) is 0 Å². The number of thiazole rings is 2. The molecule has 0 unspecified atom stereocenters. The normalized spacial score (nSPS) is 9.30. The van der Waals surface area contributed by atoms with Crippen LogP contribution in [-0.4, -0.2) is 34.6 Å². The van der Waals surface area contributed by atoms with Crippen LogP contribution < -0.4 is 0 Å². The van der Waals surface area contributed by atoms with E-state index in [1.165, 1.54) is 42.9 Å². The third-order valence-corrected chi connectivity index (χ3v) is 3.62. The van der Waals surface area contributed by atoms with E-state index in [1.807, 2.05) is 0 Å². The minimum Gasteiger partial charge on any atom is -0.469 e. The maximum atomic E-state index is 11.1. The maximum Gasteiger partial charge on any atom is 0.313 e. The number of hydrogen-bond donors (Lipinski definition) is 0. The standard InChI is InChI=1S/C7H7NO3S.C5H5NOS/c1-11-6(10)4-5(9)7-8-2-3-12-7;1-4(7)5-6-2-3-8-5/h2-3H,4H2,1H3;2-3H,1H3. The summed E-state index contributed by atoms with van der Waals surface area (Å²) in [5.41, 5.74) is 0. The molecule has 0 spiro atoms. The number of aromatic nitrogens is 2. The van der Waals surface area contributed by atoms with Crippen LogP contribution in [0.5, 0.6) is 0 Å². The lowest BCUT2D eigenvalue weighted by molar-refractivity contribution is -0.139. The molecule has 0 atom stereocenters. The summed E-state index contributed by atoms with van der Waals surface area (Å²) >= 11 is 2.59. The van der Waals surface area contributed by atoms with Gasteiger partial charge in [-0.1, -0.05) is 0 Å². The number of ether oxygens (including phenoxy) is 1. The highest BCUT2D eigenvalue weighted by molar-refractivity contribution is 7.11. The average molecular weight is 312 g/mol. The second kappa shape index (κ2) is 8.28. The predicted octanol–water partition coefficient (Wildman–Crippen LogP) is 2.23. The quantitative estimate of drug-likeness (QED) is 0.489. The van der Waals surface area contributed by atoms with Gasteiger partial charge in [-0.25, -0.2) is 9.97 Å². The van der Waals surface area contributed by atoms with Crippen LogP contribution in [0.1, 0.15) is 32.9 Å².